The van der Waals surface area contributed by atoms with Crippen LogP contribution in [0.25, 0.3) is 6.08 Å². The Morgan fingerprint density at radius 2 is 1.85 bits per heavy atom. The minimum absolute atomic E-state index is 0.0641. The Bertz CT molecular complexity index is 949. The number of imide groups is 2. The number of methoxy groups -OCH3 is 1. The number of nitrogens with zero attached hydrogens (tertiary/aromatic N) is 1. The number of rotatable bonds is 3. The first kappa shape index (κ1) is 17.2. The van der Waals surface area contributed by atoms with Gasteiger partial charge in [-0.1, -0.05) is 24.3 Å². The lowest BCUT2D eigenvalue weighted by Crippen LogP contribution is -2.54. The molecule has 26 heavy (non-hydrogen) atoms. The van der Waals surface area contributed by atoms with Crippen molar-refractivity contribution in [2.75, 3.05) is 12.0 Å². The van der Waals surface area contributed by atoms with Crippen LogP contribution in [0.4, 0.5) is 10.5 Å². The zero-order chi connectivity index (χ0) is 18.8. The average molecular weight is 352 g/mol. The summed E-state index contributed by atoms with van der Waals surface area (Å²) >= 11 is 0. The fraction of sp³-hybridized carbons (Fsp3) is 0.105. The predicted octanol–water partition coefficient (Wildman–Crippen LogP) is 2.38. The van der Waals surface area contributed by atoms with Gasteiger partial charge in [0.1, 0.15) is 5.57 Å². The van der Waals surface area contributed by atoms with E-state index in [4.69, 9.17) is 4.74 Å². The summed E-state index contributed by atoms with van der Waals surface area (Å²) in [6.45, 7) is 1.76. The van der Waals surface area contributed by atoms with Crippen molar-refractivity contribution in [1.82, 2.24) is 5.32 Å². The largest absolute Gasteiger partial charge is 0.504 e. The van der Waals surface area contributed by atoms with Gasteiger partial charge in [0.2, 0.25) is 0 Å². The van der Waals surface area contributed by atoms with E-state index in [2.05, 4.69) is 5.32 Å². The molecule has 0 aliphatic carbocycles. The normalized spacial score (nSPS) is 16.0. The quantitative estimate of drug-likeness (QED) is 0.653. The van der Waals surface area contributed by atoms with Gasteiger partial charge in [-0.15, -0.1) is 0 Å². The van der Waals surface area contributed by atoms with E-state index in [-0.39, 0.29) is 17.1 Å². The Morgan fingerprint density at radius 3 is 2.54 bits per heavy atom. The van der Waals surface area contributed by atoms with Crippen LogP contribution in [0.2, 0.25) is 0 Å². The number of carbonyl (C=O) groups excluding carboxylic acids is 3. The van der Waals surface area contributed by atoms with Gasteiger partial charge >= 0.3 is 6.03 Å². The minimum Gasteiger partial charge on any atom is -0.504 e. The number of phenolic OH excluding ortho intramolecular Hbond substituents is 1. The summed E-state index contributed by atoms with van der Waals surface area (Å²) < 4.78 is 5.02. The fourth-order valence-corrected chi connectivity index (χ4v) is 2.64. The fourth-order valence-electron chi connectivity index (χ4n) is 2.64. The molecule has 1 heterocycles. The maximum atomic E-state index is 12.8. The highest BCUT2D eigenvalue weighted by molar-refractivity contribution is 6.39. The van der Waals surface area contributed by atoms with E-state index < -0.39 is 17.8 Å². The van der Waals surface area contributed by atoms with Crippen LogP contribution in [0, 0.1) is 6.92 Å². The van der Waals surface area contributed by atoms with E-state index >= 15 is 0 Å². The summed E-state index contributed by atoms with van der Waals surface area (Å²) in [5, 5.41) is 11.8. The highest BCUT2D eigenvalue weighted by Crippen LogP contribution is 2.29. The molecule has 132 valence electrons. The second-order valence-electron chi connectivity index (χ2n) is 5.68. The number of nitrogens with one attached hydrogen (secondary N) is 1. The number of ether oxygens (including phenoxy) is 1. The summed E-state index contributed by atoms with van der Waals surface area (Å²) in [5.74, 6) is -1.36. The summed E-state index contributed by atoms with van der Waals surface area (Å²) in [5.41, 5.74) is 1.39. The minimum atomic E-state index is -0.797. The molecule has 0 bridgehead atoms. The van der Waals surface area contributed by atoms with Gasteiger partial charge in [-0.05, 0) is 42.3 Å². The first-order valence-electron chi connectivity index (χ1n) is 7.76. The van der Waals surface area contributed by atoms with E-state index in [0.717, 1.165) is 10.5 Å². The number of urea groups is 1. The molecule has 0 saturated carbocycles. The third kappa shape index (κ3) is 3.02. The van der Waals surface area contributed by atoms with Crippen molar-refractivity contribution in [1.29, 1.82) is 0 Å². The number of anilines is 1. The molecule has 0 aromatic heterocycles. The van der Waals surface area contributed by atoms with Gasteiger partial charge in [-0.3, -0.25) is 14.9 Å². The number of aromatic hydroxyl groups is 1. The molecule has 1 aliphatic rings. The number of hydrogen-bond donors (Lipinski definition) is 2. The summed E-state index contributed by atoms with van der Waals surface area (Å²) in [6, 6.07) is 10.5. The second-order valence-corrected chi connectivity index (χ2v) is 5.68. The van der Waals surface area contributed by atoms with Gasteiger partial charge in [0, 0.05) is 0 Å². The molecule has 7 heteroatoms. The number of barbiturate groups is 1. The molecule has 0 radical (unpaired) electrons. The Hall–Kier alpha value is -3.61. The third-order valence-electron chi connectivity index (χ3n) is 3.97. The SMILES string of the molecule is COc1cc(C=C2C(=O)NC(=O)N(c3ccccc3C)C2=O)ccc1O. The van der Waals surface area contributed by atoms with Gasteiger partial charge in [0.25, 0.3) is 11.8 Å². The number of hydrogen-bond acceptors (Lipinski definition) is 5. The number of carbonyl (C=O) groups is 3. The molecular formula is C19H16N2O5. The maximum Gasteiger partial charge on any atom is 0.335 e. The molecular weight excluding hydrogens is 336 g/mol. The Balaban J connectivity index is 2.04. The number of amides is 4. The van der Waals surface area contributed by atoms with Crippen molar-refractivity contribution in [2.24, 2.45) is 0 Å². The summed E-state index contributed by atoms with van der Waals surface area (Å²) in [7, 11) is 1.39. The molecule has 1 aliphatic heterocycles. The van der Waals surface area contributed by atoms with Crippen molar-refractivity contribution in [3.05, 3.63) is 59.2 Å². The van der Waals surface area contributed by atoms with Crippen LogP contribution in [0.15, 0.2) is 48.0 Å². The lowest BCUT2D eigenvalue weighted by Gasteiger charge is -2.27. The Morgan fingerprint density at radius 1 is 1.12 bits per heavy atom. The number of aryl methyl sites for hydroxylation is 1. The molecule has 7 nitrogen and oxygen atoms in total. The van der Waals surface area contributed by atoms with Crippen molar-refractivity contribution >= 4 is 29.6 Å². The average Bonchev–Trinajstić information content (AvgIpc) is 2.61. The predicted molar refractivity (Wildman–Crippen MR) is 94.8 cm³/mol. The molecule has 1 saturated heterocycles. The number of benzene rings is 2. The summed E-state index contributed by atoms with van der Waals surface area (Å²) in [6.07, 6.45) is 1.34. The first-order chi connectivity index (χ1) is 12.4. The van der Waals surface area contributed by atoms with Gasteiger partial charge < -0.3 is 9.84 Å². The molecule has 0 unspecified atom stereocenters. The molecule has 3 rings (SSSR count). The molecule has 1 fully saturated rings. The lowest BCUT2D eigenvalue weighted by atomic mass is 10.1. The Labute approximate surface area is 149 Å². The van der Waals surface area contributed by atoms with E-state index in [9.17, 15) is 19.5 Å². The lowest BCUT2D eigenvalue weighted by molar-refractivity contribution is -0.122. The molecule has 2 aromatic carbocycles. The van der Waals surface area contributed by atoms with E-state index in [1.807, 2.05) is 0 Å². The van der Waals surface area contributed by atoms with Crippen molar-refractivity contribution in [3.63, 3.8) is 0 Å². The van der Waals surface area contributed by atoms with E-state index in [1.165, 1.54) is 31.4 Å². The van der Waals surface area contributed by atoms with E-state index in [0.29, 0.717) is 11.3 Å². The third-order valence-corrected chi connectivity index (χ3v) is 3.97. The van der Waals surface area contributed by atoms with Crippen molar-refractivity contribution < 1.29 is 24.2 Å². The zero-order valence-electron chi connectivity index (χ0n) is 14.1. The standard InChI is InChI=1S/C19H16N2O5/c1-11-5-3-4-6-14(11)21-18(24)13(17(23)20-19(21)25)9-12-7-8-15(22)16(10-12)26-2/h3-10,22H,1-2H3,(H,20,23,25). The van der Waals surface area contributed by atoms with Crippen LogP contribution in [-0.2, 0) is 9.59 Å². The number of phenols is 1. The molecule has 0 spiro atoms. The van der Waals surface area contributed by atoms with Gasteiger partial charge in [0.15, 0.2) is 11.5 Å². The zero-order valence-corrected chi connectivity index (χ0v) is 14.1. The van der Waals surface area contributed by atoms with Gasteiger partial charge in [-0.25, -0.2) is 9.69 Å². The van der Waals surface area contributed by atoms with Crippen LogP contribution in [0.3, 0.4) is 0 Å². The summed E-state index contributed by atoms with van der Waals surface area (Å²) in [4.78, 5) is 38.1. The van der Waals surface area contributed by atoms with Gasteiger partial charge in [-0.2, -0.15) is 0 Å². The smallest absolute Gasteiger partial charge is 0.335 e. The second kappa shape index (κ2) is 6.72. The van der Waals surface area contributed by atoms with Crippen LogP contribution >= 0.6 is 0 Å². The molecule has 0 atom stereocenters. The van der Waals surface area contributed by atoms with E-state index in [1.54, 1.807) is 31.2 Å². The van der Waals surface area contributed by atoms with Crippen LogP contribution in [-0.4, -0.2) is 30.1 Å². The number of para-hydroxylation sites is 1. The van der Waals surface area contributed by atoms with Crippen LogP contribution in [0.1, 0.15) is 11.1 Å². The maximum absolute atomic E-state index is 12.8. The highest BCUT2D eigenvalue weighted by Gasteiger charge is 2.37. The monoisotopic (exact) mass is 352 g/mol. The Kier molecular flexibility index (Phi) is 4.45. The van der Waals surface area contributed by atoms with Crippen molar-refractivity contribution in [3.8, 4) is 11.5 Å². The highest BCUT2D eigenvalue weighted by atomic mass is 16.5. The topological polar surface area (TPSA) is 95.9 Å². The molecule has 4 amide bonds. The molecule has 2 aromatic rings. The van der Waals surface area contributed by atoms with Gasteiger partial charge in [0.05, 0.1) is 12.8 Å². The van der Waals surface area contributed by atoms with Crippen molar-refractivity contribution in [2.45, 2.75) is 6.92 Å². The molecule has 2 N–H and O–H groups in total. The van der Waals surface area contributed by atoms with Crippen LogP contribution < -0.4 is 15.0 Å². The first-order valence-corrected chi connectivity index (χ1v) is 7.76. The van der Waals surface area contributed by atoms with Crippen LogP contribution in [0.5, 0.6) is 11.5 Å².